The van der Waals surface area contributed by atoms with E-state index in [0.717, 1.165) is 30.0 Å². The first-order valence-electron chi connectivity index (χ1n) is 7.29. The molecule has 0 aliphatic carbocycles. The van der Waals surface area contributed by atoms with E-state index in [-0.39, 0.29) is 5.95 Å². The lowest BCUT2D eigenvalue weighted by atomic mass is 10.1. The molecule has 0 bridgehead atoms. The van der Waals surface area contributed by atoms with Gasteiger partial charge in [0.1, 0.15) is 5.82 Å². The van der Waals surface area contributed by atoms with Gasteiger partial charge in [-0.05, 0) is 12.0 Å². The summed E-state index contributed by atoms with van der Waals surface area (Å²) in [4.78, 5) is 8.54. The summed E-state index contributed by atoms with van der Waals surface area (Å²) in [6.07, 6.45) is 0.936. The van der Waals surface area contributed by atoms with Crippen LogP contribution in [0.15, 0.2) is 66.7 Å². The first kappa shape index (κ1) is 14.1. The minimum atomic E-state index is 0.281. The fourth-order valence-electron chi connectivity index (χ4n) is 2.29. The summed E-state index contributed by atoms with van der Waals surface area (Å²) in [6, 6.07) is 22.2. The molecule has 3 rings (SSSR count). The molecule has 110 valence electrons. The van der Waals surface area contributed by atoms with Crippen molar-refractivity contribution in [2.45, 2.75) is 6.42 Å². The summed E-state index contributed by atoms with van der Waals surface area (Å²) >= 11 is 0. The SMILES string of the molecule is Nc1nc(NCCc2ccccc2)cc(-c2ccccc2)n1. The van der Waals surface area contributed by atoms with Gasteiger partial charge in [0.2, 0.25) is 5.95 Å². The molecule has 0 saturated carbocycles. The lowest BCUT2D eigenvalue weighted by Crippen LogP contribution is -2.08. The highest BCUT2D eigenvalue weighted by atomic mass is 15.1. The Balaban J connectivity index is 1.70. The zero-order chi connectivity index (χ0) is 15.2. The molecular formula is C18H18N4. The van der Waals surface area contributed by atoms with Crippen LogP contribution in [0.4, 0.5) is 11.8 Å². The number of nitrogen functional groups attached to an aromatic ring is 1. The van der Waals surface area contributed by atoms with E-state index in [9.17, 15) is 0 Å². The van der Waals surface area contributed by atoms with Gasteiger partial charge in [-0.25, -0.2) is 4.98 Å². The van der Waals surface area contributed by atoms with Crippen molar-refractivity contribution in [2.75, 3.05) is 17.6 Å². The highest BCUT2D eigenvalue weighted by molar-refractivity contribution is 5.63. The molecule has 0 saturated heterocycles. The van der Waals surface area contributed by atoms with Gasteiger partial charge in [-0.3, -0.25) is 0 Å². The van der Waals surface area contributed by atoms with Gasteiger partial charge in [-0.1, -0.05) is 60.7 Å². The first-order valence-corrected chi connectivity index (χ1v) is 7.29. The largest absolute Gasteiger partial charge is 0.370 e. The molecule has 1 heterocycles. The van der Waals surface area contributed by atoms with E-state index in [1.54, 1.807) is 0 Å². The van der Waals surface area contributed by atoms with Crippen LogP contribution in [-0.2, 0) is 6.42 Å². The Morgan fingerprint density at radius 2 is 1.55 bits per heavy atom. The standard InChI is InChI=1S/C18H18N4/c19-18-21-16(15-9-5-2-6-10-15)13-17(22-18)20-12-11-14-7-3-1-4-8-14/h1-10,13H,11-12H2,(H3,19,20,21,22). The van der Waals surface area contributed by atoms with Crippen LogP contribution in [0.3, 0.4) is 0 Å². The molecule has 0 spiro atoms. The quantitative estimate of drug-likeness (QED) is 0.756. The maximum absolute atomic E-state index is 5.82. The minimum Gasteiger partial charge on any atom is -0.370 e. The molecule has 22 heavy (non-hydrogen) atoms. The van der Waals surface area contributed by atoms with E-state index in [4.69, 9.17) is 5.73 Å². The molecule has 0 amide bonds. The highest BCUT2D eigenvalue weighted by Gasteiger charge is 2.04. The van der Waals surface area contributed by atoms with Gasteiger partial charge in [-0.15, -0.1) is 0 Å². The number of aromatic nitrogens is 2. The second-order valence-corrected chi connectivity index (χ2v) is 5.03. The molecule has 0 fully saturated rings. The molecule has 0 aliphatic rings. The van der Waals surface area contributed by atoms with Crippen LogP contribution in [0.2, 0.25) is 0 Å². The van der Waals surface area contributed by atoms with E-state index in [2.05, 4.69) is 27.4 Å². The van der Waals surface area contributed by atoms with Crippen molar-refractivity contribution in [3.8, 4) is 11.3 Å². The van der Waals surface area contributed by atoms with Crippen LogP contribution in [0, 0.1) is 0 Å². The molecule has 4 heteroatoms. The smallest absolute Gasteiger partial charge is 0.222 e. The van der Waals surface area contributed by atoms with Crippen LogP contribution in [0.5, 0.6) is 0 Å². The Bertz CT molecular complexity index is 727. The molecule has 3 N–H and O–H groups in total. The monoisotopic (exact) mass is 290 g/mol. The zero-order valence-corrected chi connectivity index (χ0v) is 12.2. The predicted octanol–water partition coefficient (Wildman–Crippen LogP) is 3.38. The number of hydrogen-bond acceptors (Lipinski definition) is 4. The Labute approximate surface area is 130 Å². The second kappa shape index (κ2) is 6.72. The van der Waals surface area contributed by atoms with Crippen LogP contribution in [-0.4, -0.2) is 16.5 Å². The lowest BCUT2D eigenvalue weighted by Gasteiger charge is -2.08. The number of benzene rings is 2. The third-order valence-electron chi connectivity index (χ3n) is 3.38. The zero-order valence-electron chi connectivity index (χ0n) is 12.2. The van der Waals surface area contributed by atoms with Gasteiger partial charge in [0.05, 0.1) is 5.69 Å². The maximum Gasteiger partial charge on any atom is 0.222 e. The summed E-state index contributed by atoms with van der Waals surface area (Å²) < 4.78 is 0. The van der Waals surface area contributed by atoms with E-state index >= 15 is 0 Å². The van der Waals surface area contributed by atoms with Crippen LogP contribution in [0.25, 0.3) is 11.3 Å². The minimum absolute atomic E-state index is 0.281. The Morgan fingerprint density at radius 1 is 0.864 bits per heavy atom. The second-order valence-electron chi connectivity index (χ2n) is 5.03. The first-order chi connectivity index (χ1) is 10.8. The summed E-state index contributed by atoms with van der Waals surface area (Å²) in [5.74, 6) is 1.03. The van der Waals surface area contributed by atoms with Gasteiger partial charge in [0, 0.05) is 18.2 Å². The molecule has 0 aliphatic heterocycles. The molecule has 4 nitrogen and oxygen atoms in total. The van der Waals surface area contributed by atoms with Crippen molar-refractivity contribution in [3.05, 3.63) is 72.3 Å². The summed E-state index contributed by atoms with van der Waals surface area (Å²) in [6.45, 7) is 0.800. The molecule has 1 aromatic heterocycles. The molecule has 3 aromatic rings. The van der Waals surface area contributed by atoms with Gasteiger partial charge in [0.25, 0.3) is 0 Å². The fraction of sp³-hybridized carbons (Fsp3) is 0.111. The number of hydrogen-bond donors (Lipinski definition) is 2. The molecular weight excluding hydrogens is 272 g/mol. The maximum atomic E-state index is 5.82. The van der Waals surface area contributed by atoms with Gasteiger partial charge < -0.3 is 11.1 Å². The Hall–Kier alpha value is -2.88. The van der Waals surface area contributed by atoms with Gasteiger partial charge >= 0.3 is 0 Å². The number of nitrogens with zero attached hydrogens (tertiary/aromatic N) is 2. The van der Waals surface area contributed by atoms with E-state index in [0.29, 0.717) is 0 Å². The average Bonchev–Trinajstić information content (AvgIpc) is 2.56. The topological polar surface area (TPSA) is 63.8 Å². The van der Waals surface area contributed by atoms with Gasteiger partial charge in [0.15, 0.2) is 0 Å². The number of rotatable bonds is 5. The molecule has 2 aromatic carbocycles. The highest BCUT2D eigenvalue weighted by Crippen LogP contribution is 2.20. The fourth-order valence-corrected chi connectivity index (χ4v) is 2.29. The number of anilines is 2. The van der Waals surface area contributed by atoms with Crippen molar-refractivity contribution in [3.63, 3.8) is 0 Å². The molecule has 0 radical (unpaired) electrons. The van der Waals surface area contributed by atoms with Crippen LogP contribution < -0.4 is 11.1 Å². The number of nitrogens with two attached hydrogens (primary N) is 1. The average molecular weight is 290 g/mol. The van der Waals surface area contributed by atoms with Crippen LogP contribution >= 0.6 is 0 Å². The number of nitrogens with one attached hydrogen (secondary N) is 1. The van der Waals surface area contributed by atoms with Crippen molar-refractivity contribution in [2.24, 2.45) is 0 Å². The lowest BCUT2D eigenvalue weighted by molar-refractivity contribution is 1.00. The van der Waals surface area contributed by atoms with Crippen molar-refractivity contribution in [1.29, 1.82) is 0 Å². The summed E-state index contributed by atoms with van der Waals surface area (Å²) in [5, 5.41) is 3.31. The summed E-state index contributed by atoms with van der Waals surface area (Å²) in [7, 11) is 0. The Kier molecular flexibility index (Phi) is 4.30. The molecule has 0 atom stereocenters. The normalized spacial score (nSPS) is 10.4. The van der Waals surface area contributed by atoms with E-state index < -0.39 is 0 Å². The molecule has 0 unspecified atom stereocenters. The third kappa shape index (κ3) is 3.61. The Morgan fingerprint density at radius 3 is 2.27 bits per heavy atom. The van der Waals surface area contributed by atoms with Crippen LogP contribution in [0.1, 0.15) is 5.56 Å². The van der Waals surface area contributed by atoms with Crippen molar-refractivity contribution < 1.29 is 0 Å². The van der Waals surface area contributed by atoms with Gasteiger partial charge in [-0.2, -0.15) is 4.98 Å². The predicted molar refractivity (Wildman–Crippen MR) is 90.5 cm³/mol. The van der Waals surface area contributed by atoms with E-state index in [1.807, 2.05) is 54.6 Å². The third-order valence-corrected chi connectivity index (χ3v) is 3.38. The summed E-state index contributed by atoms with van der Waals surface area (Å²) in [5.41, 5.74) is 8.97. The van der Waals surface area contributed by atoms with E-state index in [1.165, 1.54) is 5.56 Å². The van der Waals surface area contributed by atoms with Crippen molar-refractivity contribution in [1.82, 2.24) is 9.97 Å². The van der Waals surface area contributed by atoms with Crippen molar-refractivity contribution >= 4 is 11.8 Å².